The summed E-state index contributed by atoms with van der Waals surface area (Å²) in [6.45, 7) is 0.387. The molecule has 5 rings (SSSR count). The Morgan fingerprint density at radius 1 is 1.19 bits per heavy atom. The van der Waals surface area contributed by atoms with E-state index >= 15 is 0 Å². The molecular formula is C20H18FN3O5S2. The maximum atomic E-state index is 13.2. The van der Waals surface area contributed by atoms with E-state index in [1.165, 1.54) is 23.5 Å². The molecule has 0 N–H and O–H groups in total. The Balaban J connectivity index is 1.49. The van der Waals surface area contributed by atoms with Gasteiger partial charge in [-0.25, -0.2) is 12.8 Å². The summed E-state index contributed by atoms with van der Waals surface area (Å²) in [6, 6.07) is 7.37. The Bertz CT molecular complexity index is 1360. The highest BCUT2D eigenvalue weighted by molar-refractivity contribution is 7.89. The van der Waals surface area contributed by atoms with Gasteiger partial charge in [0.25, 0.3) is 5.91 Å². The Morgan fingerprint density at radius 2 is 1.90 bits per heavy atom. The highest BCUT2D eigenvalue weighted by Gasteiger charge is 2.39. The fraction of sp³-hybridized carbons (Fsp3) is 0.300. The van der Waals surface area contributed by atoms with Crippen molar-refractivity contribution in [3.63, 3.8) is 0 Å². The monoisotopic (exact) mass is 463 g/mol. The Labute approximate surface area is 181 Å². The summed E-state index contributed by atoms with van der Waals surface area (Å²) >= 11 is 1.31. The first-order valence-electron chi connectivity index (χ1n) is 9.60. The number of amides is 1. The molecule has 3 aromatic rings. The lowest BCUT2D eigenvalue weighted by Crippen LogP contribution is -2.40. The smallest absolute Gasteiger partial charge is 0.266 e. The lowest BCUT2D eigenvalue weighted by Gasteiger charge is -2.21. The lowest BCUT2D eigenvalue weighted by molar-refractivity contribution is -0.121. The molecule has 0 spiro atoms. The lowest BCUT2D eigenvalue weighted by atomic mass is 10.2. The van der Waals surface area contributed by atoms with Crippen LogP contribution in [-0.4, -0.2) is 42.6 Å². The molecule has 8 nitrogen and oxygen atoms in total. The quantitative estimate of drug-likeness (QED) is 0.595. The summed E-state index contributed by atoms with van der Waals surface area (Å²) in [4.78, 5) is 17.7. The van der Waals surface area contributed by atoms with Crippen molar-refractivity contribution in [1.29, 1.82) is 0 Å². The number of aromatic nitrogens is 1. The van der Waals surface area contributed by atoms with Gasteiger partial charge in [0, 0.05) is 25.7 Å². The number of rotatable bonds is 3. The number of carbonyl (C=O) groups excluding carboxylic acids is 1. The third-order valence-electron chi connectivity index (χ3n) is 5.42. The fourth-order valence-electron chi connectivity index (χ4n) is 3.81. The van der Waals surface area contributed by atoms with Gasteiger partial charge >= 0.3 is 0 Å². The van der Waals surface area contributed by atoms with Crippen molar-refractivity contribution >= 4 is 37.5 Å². The Morgan fingerprint density at radius 3 is 2.65 bits per heavy atom. The van der Waals surface area contributed by atoms with E-state index in [9.17, 15) is 17.6 Å². The van der Waals surface area contributed by atoms with Crippen molar-refractivity contribution in [2.24, 2.45) is 12.0 Å². The SMILES string of the molecule is Cn1c(=NC(=O)C2CCCN2S(=O)(=O)c2ccc(F)cc2)sc2cc3c(cc21)OCO3. The molecule has 0 radical (unpaired) electrons. The zero-order valence-electron chi connectivity index (χ0n) is 16.4. The van der Waals surface area contributed by atoms with E-state index in [-0.39, 0.29) is 18.2 Å². The number of benzene rings is 2. The number of halogens is 1. The highest BCUT2D eigenvalue weighted by Crippen LogP contribution is 2.36. The maximum absolute atomic E-state index is 13.2. The van der Waals surface area contributed by atoms with Gasteiger partial charge in [-0.1, -0.05) is 11.3 Å². The van der Waals surface area contributed by atoms with E-state index in [1.54, 1.807) is 11.6 Å². The van der Waals surface area contributed by atoms with Gasteiger partial charge in [-0.3, -0.25) is 4.79 Å². The minimum atomic E-state index is -3.93. The standard InChI is InChI=1S/C20H18FN3O5S2/c1-23-15-9-16-17(29-11-28-16)10-18(15)30-20(23)22-19(25)14-3-2-8-24(14)31(26,27)13-6-4-12(21)5-7-13/h4-7,9-10,14H,2-3,8,11H2,1H3. The number of hydrogen-bond acceptors (Lipinski definition) is 6. The van der Waals surface area contributed by atoms with Gasteiger partial charge in [-0.05, 0) is 37.1 Å². The van der Waals surface area contributed by atoms with Crippen LogP contribution in [0.3, 0.4) is 0 Å². The molecule has 1 unspecified atom stereocenters. The van der Waals surface area contributed by atoms with Gasteiger partial charge in [0.1, 0.15) is 11.9 Å². The number of fused-ring (bicyclic) bond motifs is 2. The van der Waals surface area contributed by atoms with Gasteiger partial charge < -0.3 is 14.0 Å². The number of aryl methyl sites for hydroxylation is 1. The zero-order chi connectivity index (χ0) is 21.8. The summed E-state index contributed by atoms with van der Waals surface area (Å²) in [5.41, 5.74) is 0.836. The Hall–Kier alpha value is -2.76. The number of ether oxygens (including phenoxy) is 2. The van der Waals surface area contributed by atoms with E-state index in [0.29, 0.717) is 29.1 Å². The maximum Gasteiger partial charge on any atom is 0.266 e. The molecule has 1 amide bonds. The summed E-state index contributed by atoms with van der Waals surface area (Å²) in [6.07, 6.45) is 0.930. The Kier molecular flexibility index (Phi) is 4.83. The second-order valence-electron chi connectivity index (χ2n) is 7.29. The van der Waals surface area contributed by atoms with Crippen LogP contribution in [0.4, 0.5) is 4.39 Å². The van der Waals surface area contributed by atoms with Crippen molar-refractivity contribution in [2.75, 3.05) is 13.3 Å². The van der Waals surface area contributed by atoms with Crippen molar-refractivity contribution < 1.29 is 27.1 Å². The van der Waals surface area contributed by atoms with Crippen LogP contribution in [-0.2, 0) is 21.9 Å². The predicted octanol–water partition coefficient (Wildman–Crippen LogP) is 2.39. The second-order valence-corrected chi connectivity index (χ2v) is 10.2. The first-order valence-corrected chi connectivity index (χ1v) is 11.9. The van der Waals surface area contributed by atoms with Gasteiger partial charge in [0.05, 0.1) is 15.1 Å². The topological polar surface area (TPSA) is 90.2 Å². The number of hydrogen-bond donors (Lipinski definition) is 0. The molecule has 2 aliphatic rings. The molecule has 0 bridgehead atoms. The summed E-state index contributed by atoms with van der Waals surface area (Å²) < 4.78 is 53.9. The van der Waals surface area contributed by atoms with Crippen LogP contribution in [0.25, 0.3) is 10.2 Å². The summed E-state index contributed by atoms with van der Waals surface area (Å²) in [5, 5.41) is 0. The number of carbonyl (C=O) groups is 1. The molecular weight excluding hydrogens is 445 g/mol. The zero-order valence-corrected chi connectivity index (χ0v) is 18.1. The van der Waals surface area contributed by atoms with Crippen molar-refractivity contribution in [1.82, 2.24) is 8.87 Å². The van der Waals surface area contributed by atoms with Crippen LogP contribution in [0.2, 0.25) is 0 Å². The molecule has 11 heteroatoms. The van der Waals surface area contributed by atoms with Crippen LogP contribution in [0, 0.1) is 5.82 Å². The molecule has 1 saturated heterocycles. The van der Waals surface area contributed by atoms with E-state index in [4.69, 9.17) is 9.47 Å². The van der Waals surface area contributed by atoms with Crippen LogP contribution >= 0.6 is 11.3 Å². The van der Waals surface area contributed by atoms with E-state index in [0.717, 1.165) is 26.7 Å². The summed E-state index contributed by atoms with van der Waals surface area (Å²) in [5.74, 6) is 0.221. The third kappa shape index (κ3) is 3.42. The molecule has 1 atom stereocenters. The summed E-state index contributed by atoms with van der Waals surface area (Å²) in [7, 11) is -2.15. The molecule has 0 saturated carbocycles. The highest BCUT2D eigenvalue weighted by atomic mass is 32.2. The third-order valence-corrected chi connectivity index (χ3v) is 8.44. The van der Waals surface area contributed by atoms with Crippen LogP contribution in [0.5, 0.6) is 11.5 Å². The molecule has 0 aliphatic carbocycles. The van der Waals surface area contributed by atoms with Crippen molar-refractivity contribution in [3.8, 4) is 11.5 Å². The molecule has 1 aromatic heterocycles. The van der Waals surface area contributed by atoms with Gasteiger partial charge in [-0.2, -0.15) is 9.30 Å². The van der Waals surface area contributed by atoms with Gasteiger partial charge in [0.15, 0.2) is 16.3 Å². The van der Waals surface area contributed by atoms with E-state index < -0.39 is 27.8 Å². The van der Waals surface area contributed by atoms with E-state index in [2.05, 4.69) is 4.99 Å². The average molecular weight is 464 g/mol. The van der Waals surface area contributed by atoms with E-state index in [1.807, 2.05) is 12.1 Å². The minimum absolute atomic E-state index is 0.0458. The van der Waals surface area contributed by atoms with Gasteiger partial charge in [-0.15, -0.1) is 0 Å². The largest absolute Gasteiger partial charge is 0.454 e. The molecule has 3 heterocycles. The van der Waals surface area contributed by atoms with Crippen LogP contribution in [0.1, 0.15) is 12.8 Å². The molecule has 2 aromatic carbocycles. The molecule has 2 aliphatic heterocycles. The number of nitrogens with zero attached hydrogens (tertiary/aromatic N) is 3. The molecule has 31 heavy (non-hydrogen) atoms. The normalized spacial score (nSPS) is 19.4. The molecule has 162 valence electrons. The first kappa shape index (κ1) is 20.2. The second kappa shape index (κ2) is 7.43. The van der Waals surface area contributed by atoms with Crippen molar-refractivity contribution in [2.45, 2.75) is 23.8 Å². The van der Waals surface area contributed by atoms with Crippen LogP contribution < -0.4 is 14.3 Å². The van der Waals surface area contributed by atoms with Gasteiger partial charge in [0.2, 0.25) is 16.8 Å². The fourth-order valence-corrected chi connectivity index (χ4v) is 6.49. The number of thiazole rings is 1. The number of sulfonamides is 1. The molecule has 1 fully saturated rings. The average Bonchev–Trinajstić information content (AvgIpc) is 3.47. The first-order chi connectivity index (χ1) is 14.8. The van der Waals surface area contributed by atoms with Crippen molar-refractivity contribution in [3.05, 3.63) is 47.0 Å². The van der Waals surface area contributed by atoms with Crippen LogP contribution in [0.15, 0.2) is 46.3 Å². The minimum Gasteiger partial charge on any atom is -0.454 e. The predicted molar refractivity (Wildman–Crippen MR) is 111 cm³/mol.